The molecule has 1 rings (SSSR count). The van der Waals surface area contributed by atoms with Gasteiger partial charge in [-0.1, -0.05) is 13.0 Å². The van der Waals surface area contributed by atoms with Gasteiger partial charge in [-0.3, -0.25) is 4.79 Å². The normalized spacial score (nSPS) is 12.5. The summed E-state index contributed by atoms with van der Waals surface area (Å²) in [7, 11) is 0. The number of ketones is 1. The van der Waals surface area contributed by atoms with E-state index in [0.717, 1.165) is 12.0 Å². The Hall–Kier alpha value is -0.700. The number of carbonyl (C=O) groups is 1. The lowest BCUT2D eigenvalue weighted by Crippen LogP contribution is -2.12. The first kappa shape index (κ1) is 12.4. The SMILES string of the molecule is CCC(Cc1ccc(F)c(Br)c1)C(C)=O. The Morgan fingerprint density at radius 1 is 1.53 bits per heavy atom. The molecule has 0 fully saturated rings. The van der Waals surface area contributed by atoms with E-state index in [1.54, 1.807) is 19.1 Å². The van der Waals surface area contributed by atoms with E-state index in [4.69, 9.17) is 0 Å². The first-order valence-corrected chi connectivity index (χ1v) is 5.78. The summed E-state index contributed by atoms with van der Waals surface area (Å²) in [5, 5.41) is 0. The van der Waals surface area contributed by atoms with Crippen LogP contribution in [0.15, 0.2) is 22.7 Å². The molecule has 0 spiro atoms. The third-order valence-electron chi connectivity index (χ3n) is 2.53. The summed E-state index contributed by atoms with van der Waals surface area (Å²) in [6, 6.07) is 4.89. The number of Topliss-reactive ketones (excluding diaryl/α,β-unsaturated/α-hetero) is 1. The van der Waals surface area contributed by atoms with Crippen LogP contribution in [0.25, 0.3) is 0 Å². The van der Waals surface area contributed by atoms with Crippen molar-refractivity contribution in [1.29, 1.82) is 0 Å². The average Bonchev–Trinajstić information content (AvgIpc) is 2.19. The van der Waals surface area contributed by atoms with Gasteiger partial charge in [-0.05, 0) is 53.4 Å². The maximum Gasteiger partial charge on any atom is 0.137 e. The predicted octanol–water partition coefficient (Wildman–Crippen LogP) is 3.75. The molecule has 1 aromatic carbocycles. The predicted molar refractivity (Wildman–Crippen MR) is 62.3 cm³/mol. The zero-order valence-corrected chi connectivity index (χ0v) is 10.5. The Morgan fingerprint density at radius 3 is 2.67 bits per heavy atom. The van der Waals surface area contributed by atoms with Crippen LogP contribution in [0.4, 0.5) is 4.39 Å². The van der Waals surface area contributed by atoms with E-state index in [1.807, 2.05) is 6.92 Å². The molecular weight excluding hydrogens is 259 g/mol. The van der Waals surface area contributed by atoms with Crippen LogP contribution in [0.2, 0.25) is 0 Å². The van der Waals surface area contributed by atoms with Crippen LogP contribution in [0, 0.1) is 11.7 Å². The Morgan fingerprint density at radius 2 is 2.20 bits per heavy atom. The standard InChI is InChI=1S/C12H14BrFO/c1-3-10(8(2)15)6-9-4-5-12(14)11(13)7-9/h4-5,7,10H,3,6H2,1-2H3. The minimum Gasteiger partial charge on any atom is -0.300 e. The lowest BCUT2D eigenvalue weighted by Gasteiger charge is -2.11. The fourth-order valence-corrected chi connectivity index (χ4v) is 1.95. The molecule has 0 radical (unpaired) electrons. The summed E-state index contributed by atoms with van der Waals surface area (Å²) < 4.78 is 13.4. The molecule has 82 valence electrons. The zero-order chi connectivity index (χ0) is 11.4. The molecule has 1 aromatic rings. The minimum atomic E-state index is -0.269. The fourth-order valence-electron chi connectivity index (χ4n) is 1.53. The van der Waals surface area contributed by atoms with Crippen molar-refractivity contribution in [2.75, 3.05) is 0 Å². The highest BCUT2D eigenvalue weighted by Crippen LogP contribution is 2.20. The van der Waals surface area contributed by atoms with Crippen molar-refractivity contribution in [2.45, 2.75) is 26.7 Å². The number of rotatable bonds is 4. The topological polar surface area (TPSA) is 17.1 Å². The molecule has 0 aromatic heterocycles. The summed E-state index contributed by atoms with van der Waals surface area (Å²) >= 11 is 3.13. The smallest absolute Gasteiger partial charge is 0.137 e. The molecule has 0 amide bonds. The van der Waals surface area contributed by atoms with E-state index in [2.05, 4.69) is 15.9 Å². The molecule has 1 atom stereocenters. The van der Waals surface area contributed by atoms with Gasteiger partial charge >= 0.3 is 0 Å². The monoisotopic (exact) mass is 272 g/mol. The van der Waals surface area contributed by atoms with Crippen molar-refractivity contribution in [3.8, 4) is 0 Å². The molecule has 0 saturated carbocycles. The molecule has 0 bridgehead atoms. The highest BCUT2D eigenvalue weighted by atomic mass is 79.9. The van der Waals surface area contributed by atoms with Crippen molar-refractivity contribution in [3.63, 3.8) is 0 Å². The van der Waals surface area contributed by atoms with Gasteiger partial charge in [0, 0.05) is 5.92 Å². The van der Waals surface area contributed by atoms with E-state index in [-0.39, 0.29) is 17.5 Å². The number of carbonyl (C=O) groups excluding carboxylic acids is 1. The third kappa shape index (κ3) is 3.42. The van der Waals surface area contributed by atoms with E-state index in [9.17, 15) is 9.18 Å². The number of hydrogen-bond acceptors (Lipinski definition) is 1. The molecule has 0 aliphatic heterocycles. The lowest BCUT2D eigenvalue weighted by atomic mass is 9.94. The van der Waals surface area contributed by atoms with Crippen LogP contribution < -0.4 is 0 Å². The highest BCUT2D eigenvalue weighted by Gasteiger charge is 2.13. The van der Waals surface area contributed by atoms with E-state index < -0.39 is 0 Å². The van der Waals surface area contributed by atoms with Crippen LogP contribution >= 0.6 is 15.9 Å². The molecule has 3 heteroatoms. The van der Waals surface area contributed by atoms with Crippen molar-refractivity contribution in [1.82, 2.24) is 0 Å². The van der Waals surface area contributed by atoms with E-state index in [0.29, 0.717) is 10.9 Å². The van der Waals surface area contributed by atoms with Crippen LogP contribution in [0.1, 0.15) is 25.8 Å². The zero-order valence-electron chi connectivity index (χ0n) is 8.89. The minimum absolute atomic E-state index is 0.0439. The van der Waals surface area contributed by atoms with Gasteiger partial charge in [0.1, 0.15) is 11.6 Å². The van der Waals surface area contributed by atoms with Crippen LogP contribution in [0.3, 0.4) is 0 Å². The number of hydrogen-bond donors (Lipinski definition) is 0. The summed E-state index contributed by atoms with van der Waals surface area (Å²) in [6.07, 6.45) is 1.51. The van der Waals surface area contributed by atoms with Crippen molar-refractivity contribution >= 4 is 21.7 Å². The molecule has 15 heavy (non-hydrogen) atoms. The second kappa shape index (κ2) is 5.40. The van der Waals surface area contributed by atoms with Crippen LogP contribution in [0.5, 0.6) is 0 Å². The summed E-state index contributed by atoms with van der Waals surface area (Å²) in [4.78, 5) is 11.2. The first-order chi connectivity index (χ1) is 7.04. The molecule has 1 unspecified atom stereocenters. The van der Waals surface area contributed by atoms with Gasteiger partial charge in [-0.2, -0.15) is 0 Å². The molecule has 0 heterocycles. The van der Waals surface area contributed by atoms with E-state index in [1.165, 1.54) is 6.07 Å². The number of benzene rings is 1. The second-order valence-corrected chi connectivity index (χ2v) is 4.52. The molecule has 0 aliphatic rings. The quantitative estimate of drug-likeness (QED) is 0.816. The molecule has 0 N–H and O–H groups in total. The molecule has 0 saturated heterocycles. The largest absolute Gasteiger partial charge is 0.300 e. The maximum atomic E-state index is 13.0. The molecular formula is C12H14BrFO. The van der Waals surface area contributed by atoms with Gasteiger partial charge in [-0.25, -0.2) is 4.39 Å². The third-order valence-corrected chi connectivity index (χ3v) is 3.14. The first-order valence-electron chi connectivity index (χ1n) is 4.99. The van der Waals surface area contributed by atoms with Gasteiger partial charge in [-0.15, -0.1) is 0 Å². The Balaban J connectivity index is 2.80. The summed E-state index contributed by atoms with van der Waals surface area (Å²) in [6.45, 7) is 3.59. The van der Waals surface area contributed by atoms with Gasteiger partial charge in [0.25, 0.3) is 0 Å². The van der Waals surface area contributed by atoms with Crippen LogP contribution in [-0.4, -0.2) is 5.78 Å². The van der Waals surface area contributed by atoms with E-state index >= 15 is 0 Å². The van der Waals surface area contributed by atoms with Crippen LogP contribution in [-0.2, 0) is 11.2 Å². The van der Waals surface area contributed by atoms with Crippen molar-refractivity contribution in [3.05, 3.63) is 34.1 Å². The van der Waals surface area contributed by atoms with Crippen molar-refractivity contribution in [2.24, 2.45) is 5.92 Å². The average molecular weight is 273 g/mol. The Labute approximate surface area is 97.8 Å². The highest BCUT2D eigenvalue weighted by molar-refractivity contribution is 9.10. The maximum absolute atomic E-state index is 13.0. The van der Waals surface area contributed by atoms with Gasteiger partial charge in [0.05, 0.1) is 4.47 Å². The van der Waals surface area contributed by atoms with Gasteiger partial charge in [0.15, 0.2) is 0 Å². The fraction of sp³-hybridized carbons (Fsp3) is 0.417. The molecule has 1 nitrogen and oxygen atoms in total. The molecule has 0 aliphatic carbocycles. The van der Waals surface area contributed by atoms with Gasteiger partial charge in [0.2, 0.25) is 0 Å². The number of halogens is 2. The Bertz CT molecular complexity index is 363. The van der Waals surface area contributed by atoms with Gasteiger partial charge < -0.3 is 0 Å². The lowest BCUT2D eigenvalue weighted by molar-refractivity contribution is -0.120. The Kier molecular flexibility index (Phi) is 4.45. The summed E-state index contributed by atoms with van der Waals surface area (Å²) in [5.41, 5.74) is 0.991. The summed E-state index contributed by atoms with van der Waals surface area (Å²) in [5.74, 6) is -0.0325. The second-order valence-electron chi connectivity index (χ2n) is 3.67. The van der Waals surface area contributed by atoms with Crippen molar-refractivity contribution < 1.29 is 9.18 Å².